The van der Waals surface area contributed by atoms with Gasteiger partial charge in [-0.3, -0.25) is 9.59 Å². The summed E-state index contributed by atoms with van der Waals surface area (Å²) in [5.41, 5.74) is -0.163. The van der Waals surface area contributed by atoms with Crippen LogP contribution in [-0.4, -0.2) is 28.7 Å². The standard InChI is InChI=1S/C9H15NO2/c1-4-9(2,3)10-6-5-7(11)8(10)12/h4-6H2,1-3H3. The predicted molar refractivity (Wildman–Crippen MR) is 45.7 cm³/mol. The summed E-state index contributed by atoms with van der Waals surface area (Å²) in [6.45, 7) is 6.60. The maximum absolute atomic E-state index is 11.3. The van der Waals surface area contributed by atoms with Crippen molar-refractivity contribution in [2.24, 2.45) is 0 Å². The Hall–Kier alpha value is -0.860. The highest BCUT2D eigenvalue weighted by molar-refractivity contribution is 6.38. The fraction of sp³-hybridized carbons (Fsp3) is 0.778. The first kappa shape index (κ1) is 9.23. The van der Waals surface area contributed by atoms with E-state index >= 15 is 0 Å². The second-order valence-corrected chi connectivity index (χ2v) is 3.80. The van der Waals surface area contributed by atoms with Gasteiger partial charge in [-0.25, -0.2) is 0 Å². The Kier molecular flexibility index (Phi) is 2.22. The highest BCUT2D eigenvalue weighted by atomic mass is 16.2. The molecular formula is C9H15NO2. The monoisotopic (exact) mass is 169 g/mol. The number of hydrogen-bond acceptors (Lipinski definition) is 2. The van der Waals surface area contributed by atoms with Crippen LogP contribution in [0.1, 0.15) is 33.6 Å². The van der Waals surface area contributed by atoms with E-state index in [0.29, 0.717) is 13.0 Å². The van der Waals surface area contributed by atoms with Crippen molar-refractivity contribution in [1.82, 2.24) is 4.90 Å². The third-order valence-electron chi connectivity index (χ3n) is 2.64. The summed E-state index contributed by atoms with van der Waals surface area (Å²) in [6, 6.07) is 0. The molecule has 0 aromatic heterocycles. The molecule has 0 bridgehead atoms. The van der Waals surface area contributed by atoms with Crippen LogP contribution >= 0.6 is 0 Å². The number of rotatable bonds is 2. The quantitative estimate of drug-likeness (QED) is 0.578. The van der Waals surface area contributed by atoms with E-state index in [0.717, 1.165) is 6.42 Å². The maximum atomic E-state index is 11.3. The van der Waals surface area contributed by atoms with E-state index in [2.05, 4.69) is 0 Å². The molecule has 1 amide bonds. The molecule has 0 unspecified atom stereocenters. The molecule has 1 aliphatic heterocycles. The van der Waals surface area contributed by atoms with Crippen LogP contribution in [0.15, 0.2) is 0 Å². The number of amides is 1. The molecule has 1 heterocycles. The lowest BCUT2D eigenvalue weighted by molar-refractivity contribution is -0.142. The van der Waals surface area contributed by atoms with Gasteiger partial charge in [0.2, 0.25) is 5.78 Å². The largest absolute Gasteiger partial charge is 0.331 e. The summed E-state index contributed by atoms with van der Waals surface area (Å²) in [4.78, 5) is 23.9. The Labute approximate surface area is 72.7 Å². The van der Waals surface area contributed by atoms with Crippen LogP contribution in [0.5, 0.6) is 0 Å². The second-order valence-electron chi connectivity index (χ2n) is 3.80. The normalized spacial score (nSPS) is 19.1. The lowest BCUT2D eigenvalue weighted by Crippen LogP contribution is -2.45. The lowest BCUT2D eigenvalue weighted by atomic mass is 10.00. The van der Waals surface area contributed by atoms with Crippen LogP contribution in [-0.2, 0) is 9.59 Å². The molecule has 3 heteroatoms. The predicted octanol–water partition coefficient (Wildman–Crippen LogP) is 0.976. The Balaban J connectivity index is 2.78. The Bertz CT molecular complexity index is 221. The van der Waals surface area contributed by atoms with Gasteiger partial charge in [0.05, 0.1) is 0 Å². The maximum Gasteiger partial charge on any atom is 0.290 e. The van der Waals surface area contributed by atoms with Crippen molar-refractivity contribution in [1.29, 1.82) is 0 Å². The van der Waals surface area contributed by atoms with E-state index in [-0.39, 0.29) is 17.2 Å². The molecule has 12 heavy (non-hydrogen) atoms. The van der Waals surface area contributed by atoms with Crippen molar-refractivity contribution >= 4 is 11.7 Å². The van der Waals surface area contributed by atoms with Crippen LogP contribution in [0.3, 0.4) is 0 Å². The van der Waals surface area contributed by atoms with Gasteiger partial charge < -0.3 is 4.90 Å². The van der Waals surface area contributed by atoms with Crippen molar-refractivity contribution in [3.63, 3.8) is 0 Å². The number of hydrogen-bond donors (Lipinski definition) is 0. The first-order valence-electron chi connectivity index (χ1n) is 4.34. The number of carbonyl (C=O) groups excluding carboxylic acids is 2. The molecule has 0 N–H and O–H groups in total. The average molecular weight is 169 g/mol. The van der Waals surface area contributed by atoms with Gasteiger partial charge in [0.15, 0.2) is 0 Å². The van der Waals surface area contributed by atoms with Gasteiger partial charge in [-0.15, -0.1) is 0 Å². The number of nitrogens with zero attached hydrogens (tertiary/aromatic N) is 1. The van der Waals surface area contributed by atoms with E-state index in [1.807, 2.05) is 20.8 Å². The summed E-state index contributed by atoms with van der Waals surface area (Å²) in [5, 5.41) is 0. The van der Waals surface area contributed by atoms with Gasteiger partial charge in [-0.05, 0) is 20.3 Å². The van der Waals surface area contributed by atoms with Crippen molar-refractivity contribution in [3.8, 4) is 0 Å². The Morgan fingerprint density at radius 1 is 1.42 bits per heavy atom. The molecule has 0 saturated carbocycles. The summed E-state index contributed by atoms with van der Waals surface area (Å²) in [5.74, 6) is -0.543. The minimum absolute atomic E-state index is 0.163. The van der Waals surface area contributed by atoms with Gasteiger partial charge in [0, 0.05) is 18.5 Å². The van der Waals surface area contributed by atoms with Crippen molar-refractivity contribution < 1.29 is 9.59 Å². The highest BCUT2D eigenvalue weighted by Crippen LogP contribution is 2.22. The minimum Gasteiger partial charge on any atom is -0.331 e. The molecule has 1 aliphatic rings. The molecule has 1 saturated heterocycles. The lowest BCUT2D eigenvalue weighted by Gasteiger charge is -2.33. The fourth-order valence-corrected chi connectivity index (χ4v) is 1.34. The molecule has 1 fully saturated rings. The van der Waals surface area contributed by atoms with Crippen LogP contribution in [0.25, 0.3) is 0 Å². The summed E-state index contributed by atoms with van der Waals surface area (Å²) >= 11 is 0. The molecule has 0 aromatic rings. The molecule has 0 radical (unpaired) electrons. The van der Waals surface area contributed by atoms with Crippen molar-refractivity contribution in [3.05, 3.63) is 0 Å². The van der Waals surface area contributed by atoms with E-state index in [9.17, 15) is 9.59 Å². The molecule has 0 aromatic carbocycles. The third-order valence-corrected chi connectivity index (χ3v) is 2.64. The zero-order chi connectivity index (χ0) is 9.35. The van der Waals surface area contributed by atoms with Crippen LogP contribution < -0.4 is 0 Å². The zero-order valence-electron chi connectivity index (χ0n) is 7.89. The van der Waals surface area contributed by atoms with Crippen LogP contribution in [0.4, 0.5) is 0 Å². The molecular weight excluding hydrogens is 154 g/mol. The van der Waals surface area contributed by atoms with Gasteiger partial charge in [-0.1, -0.05) is 6.92 Å². The van der Waals surface area contributed by atoms with Gasteiger partial charge in [0.1, 0.15) is 0 Å². The molecule has 68 valence electrons. The summed E-state index contributed by atoms with van der Waals surface area (Å²) in [7, 11) is 0. The fourth-order valence-electron chi connectivity index (χ4n) is 1.34. The third kappa shape index (κ3) is 1.36. The Morgan fingerprint density at radius 2 is 2.00 bits per heavy atom. The molecule has 0 spiro atoms. The Morgan fingerprint density at radius 3 is 2.33 bits per heavy atom. The molecule has 0 atom stereocenters. The van der Waals surface area contributed by atoms with Gasteiger partial charge in [0.25, 0.3) is 5.91 Å². The number of likely N-dealkylation sites (tertiary alicyclic amines) is 1. The molecule has 3 nitrogen and oxygen atoms in total. The van der Waals surface area contributed by atoms with E-state index in [1.54, 1.807) is 4.90 Å². The minimum atomic E-state index is -0.304. The summed E-state index contributed by atoms with van der Waals surface area (Å²) < 4.78 is 0. The number of ketones is 1. The van der Waals surface area contributed by atoms with Crippen molar-refractivity contribution in [2.75, 3.05) is 6.54 Å². The topological polar surface area (TPSA) is 37.4 Å². The second kappa shape index (κ2) is 2.88. The zero-order valence-corrected chi connectivity index (χ0v) is 7.89. The van der Waals surface area contributed by atoms with E-state index in [4.69, 9.17) is 0 Å². The van der Waals surface area contributed by atoms with E-state index < -0.39 is 0 Å². The number of carbonyl (C=O) groups is 2. The van der Waals surface area contributed by atoms with Gasteiger partial charge >= 0.3 is 0 Å². The first-order chi connectivity index (χ1) is 5.49. The molecule has 0 aliphatic carbocycles. The van der Waals surface area contributed by atoms with Crippen LogP contribution in [0, 0.1) is 0 Å². The SMILES string of the molecule is CCC(C)(C)N1CCC(=O)C1=O. The molecule has 1 rings (SSSR count). The highest BCUT2D eigenvalue weighted by Gasteiger charge is 2.37. The first-order valence-corrected chi connectivity index (χ1v) is 4.34. The number of Topliss-reactive ketones (excluding diaryl/α,β-unsaturated/α-hetero) is 1. The van der Waals surface area contributed by atoms with Gasteiger partial charge in [-0.2, -0.15) is 0 Å². The average Bonchev–Trinajstić information content (AvgIpc) is 2.33. The summed E-state index contributed by atoms with van der Waals surface area (Å²) in [6.07, 6.45) is 1.27. The van der Waals surface area contributed by atoms with Crippen molar-refractivity contribution in [2.45, 2.75) is 39.2 Å². The smallest absolute Gasteiger partial charge is 0.290 e. The van der Waals surface area contributed by atoms with E-state index in [1.165, 1.54) is 0 Å². The van der Waals surface area contributed by atoms with Crippen LogP contribution in [0.2, 0.25) is 0 Å².